The molecule has 5 rings (SSSR count). The van der Waals surface area contributed by atoms with Gasteiger partial charge in [0.05, 0.1) is 30.2 Å². The summed E-state index contributed by atoms with van der Waals surface area (Å²) in [5, 5.41) is 3.48. The van der Waals surface area contributed by atoms with Crippen molar-refractivity contribution in [3.05, 3.63) is 77.3 Å². The van der Waals surface area contributed by atoms with Crippen LogP contribution in [0.1, 0.15) is 24.0 Å². The monoisotopic (exact) mass is 449 g/mol. The molecule has 0 saturated carbocycles. The highest BCUT2D eigenvalue weighted by Gasteiger charge is 2.39. The third-order valence-corrected chi connectivity index (χ3v) is 6.24. The van der Waals surface area contributed by atoms with Crippen molar-refractivity contribution in [2.24, 2.45) is 4.99 Å². The van der Waals surface area contributed by atoms with Crippen LogP contribution in [0, 0.1) is 0 Å². The molecule has 1 aromatic heterocycles. The van der Waals surface area contributed by atoms with Gasteiger partial charge >= 0.3 is 0 Å². The molecule has 1 unspecified atom stereocenters. The van der Waals surface area contributed by atoms with Gasteiger partial charge in [-0.15, -0.1) is 0 Å². The molecule has 1 amide bonds. The topological polar surface area (TPSA) is 71.7 Å². The van der Waals surface area contributed by atoms with E-state index in [1.54, 1.807) is 6.20 Å². The molecule has 1 N–H and O–H groups in total. The number of fused-ring (bicyclic) bond motifs is 2. The third kappa shape index (κ3) is 4.21. The maximum absolute atomic E-state index is 12.6. The minimum Gasteiger partial charge on any atom is -0.492 e. The molecule has 2 aromatic carbocycles. The first-order valence-corrected chi connectivity index (χ1v) is 11.2. The van der Waals surface area contributed by atoms with E-state index in [0.29, 0.717) is 36.3 Å². The van der Waals surface area contributed by atoms with Crippen molar-refractivity contribution in [3.63, 3.8) is 0 Å². The number of nitrogens with one attached hydrogen (secondary N) is 1. The quantitative estimate of drug-likeness (QED) is 0.529. The van der Waals surface area contributed by atoms with Crippen LogP contribution >= 0.6 is 11.6 Å². The zero-order valence-electron chi connectivity index (χ0n) is 17.6. The van der Waals surface area contributed by atoms with Gasteiger partial charge < -0.3 is 14.2 Å². The number of hydrogen-bond donors (Lipinski definition) is 1. The molecule has 0 aliphatic carbocycles. The minimum absolute atomic E-state index is 0.0362. The average molecular weight is 450 g/mol. The summed E-state index contributed by atoms with van der Waals surface area (Å²) in [7, 11) is 0. The van der Waals surface area contributed by atoms with Gasteiger partial charge in [-0.05, 0) is 30.5 Å². The molecule has 3 heterocycles. The van der Waals surface area contributed by atoms with Gasteiger partial charge in [-0.2, -0.15) is 0 Å². The summed E-state index contributed by atoms with van der Waals surface area (Å²) < 4.78 is 8.03. The van der Waals surface area contributed by atoms with Crippen molar-refractivity contribution in [1.82, 2.24) is 19.8 Å². The van der Waals surface area contributed by atoms with Crippen LogP contribution in [0.25, 0.3) is 0 Å². The molecule has 1 atom stereocenters. The predicted octanol–water partition coefficient (Wildman–Crippen LogP) is 3.94. The molecule has 0 radical (unpaired) electrons. The van der Waals surface area contributed by atoms with Crippen molar-refractivity contribution < 1.29 is 9.53 Å². The number of carbonyl (C=O) groups excluding carboxylic acids is 1. The molecule has 32 heavy (non-hydrogen) atoms. The lowest BCUT2D eigenvalue weighted by molar-refractivity contribution is -0.121. The summed E-state index contributed by atoms with van der Waals surface area (Å²) in [6, 6.07) is 13.5. The standard InChI is InChI=1S/C24H24ClN5O2/c25-22-18-15-30-20(14-17-6-2-1-3-7-17)23(31)28-24(30)27-19(18)8-9-21(22)32-13-5-4-11-29-12-10-26-16-29/h1-3,6-10,12,16,20H,4-5,11,13-15H2,(H,27,28,31). The number of hydrogen-bond acceptors (Lipinski definition) is 5. The maximum Gasteiger partial charge on any atom is 0.249 e. The van der Waals surface area contributed by atoms with Crippen LogP contribution in [0.3, 0.4) is 0 Å². The Morgan fingerprint density at radius 3 is 2.84 bits per heavy atom. The van der Waals surface area contributed by atoms with Gasteiger partial charge in [0.1, 0.15) is 11.8 Å². The highest BCUT2D eigenvalue weighted by molar-refractivity contribution is 6.33. The smallest absolute Gasteiger partial charge is 0.249 e. The Labute approximate surface area is 191 Å². The van der Waals surface area contributed by atoms with Crippen LogP contribution in [0.5, 0.6) is 5.75 Å². The number of nitrogens with zero attached hydrogens (tertiary/aromatic N) is 4. The van der Waals surface area contributed by atoms with Crippen LogP contribution in [0.2, 0.25) is 5.02 Å². The zero-order chi connectivity index (χ0) is 21.9. The Morgan fingerprint density at radius 1 is 1.16 bits per heavy atom. The third-order valence-electron chi connectivity index (χ3n) is 5.82. The van der Waals surface area contributed by atoms with E-state index in [2.05, 4.69) is 19.9 Å². The highest BCUT2D eigenvalue weighted by Crippen LogP contribution is 2.39. The fraction of sp³-hybridized carbons (Fsp3) is 0.292. The Morgan fingerprint density at radius 2 is 2.03 bits per heavy atom. The molecular weight excluding hydrogens is 426 g/mol. The number of rotatable bonds is 8. The number of aryl methyl sites for hydroxylation is 1. The number of unbranched alkanes of at least 4 members (excludes halogenated alkanes) is 1. The van der Waals surface area contributed by atoms with Crippen LogP contribution in [-0.2, 0) is 24.3 Å². The molecule has 1 saturated heterocycles. The van der Waals surface area contributed by atoms with Crippen molar-refractivity contribution >= 4 is 29.2 Å². The fourth-order valence-electron chi connectivity index (χ4n) is 4.11. The molecule has 2 aliphatic rings. The number of aliphatic imine (C=N–C) groups is 1. The summed E-state index contributed by atoms with van der Waals surface area (Å²) in [6.07, 6.45) is 8.09. The van der Waals surface area contributed by atoms with E-state index in [-0.39, 0.29) is 11.9 Å². The summed E-state index contributed by atoms with van der Waals surface area (Å²) in [5.41, 5.74) is 2.77. The van der Waals surface area contributed by atoms with E-state index in [1.807, 2.05) is 59.9 Å². The fourth-order valence-corrected chi connectivity index (χ4v) is 4.38. The van der Waals surface area contributed by atoms with E-state index in [9.17, 15) is 4.79 Å². The summed E-state index contributed by atoms with van der Waals surface area (Å²) in [6.45, 7) is 2.01. The van der Waals surface area contributed by atoms with Gasteiger partial charge in [0.15, 0.2) is 0 Å². The largest absolute Gasteiger partial charge is 0.492 e. The Hall–Kier alpha value is -3.32. The van der Waals surface area contributed by atoms with Crippen molar-refractivity contribution in [1.29, 1.82) is 0 Å². The number of halogens is 1. The molecule has 7 nitrogen and oxygen atoms in total. The van der Waals surface area contributed by atoms with Crippen LogP contribution < -0.4 is 10.1 Å². The molecule has 2 aliphatic heterocycles. The number of aromatic nitrogens is 2. The number of guanidine groups is 1. The number of benzene rings is 2. The van der Waals surface area contributed by atoms with Crippen LogP contribution in [0.15, 0.2) is 66.2 Å². The first-order chi connectivity index (χ1) is 15.7. The van der Waals surface area contributed by atoms with Gasteiger partial charge in [-0.3, -0.25) is 10.1 Å². The number of amides is 1. The summed E-state index contributed by atoms with van der Waals surface area (Å²) in [4.78, 5) is 23.3. The normalized spacial score (nSPS) is 16.9. The van der Waals surface area contributed by atoms with Crippen LogP contribution in [0.4, 0.5) is 5.69 Å². The van der Waals surface area contributed by atoms with Gasteiger partial charge in [-0.1, -0.05) is 41.9 Å². The number of carbonyl (C=O) groups is 1. The lowest BCUT2D eigenvalue weighted by atomic mass is 10.0. The molecule has 0 bridgehead atoms. The predicted molar refractivity (Wildman–Crippen MR) is 123 cm³/mol. The zero-order valence-corrected chi connectivity index (χ0v) is 18.3. The summed E-state index contributed by atoms with van der Waals surface area (Å²) >= 11 is 6.72. The van der Waals surface area contributed by atoms with Gasteiger partial charge in [-0.25, -0.2) is 9.98 Å². The molecular formula is C24H24ClN5O2. The van der Waals surface area contributed by atoms with Gasteiger partial charge in [0, 0.05) is 30.9 Å². The molecule has 1 fully saturated rings. The highest BCUT2D eigenvalue weighted by atomic mass is 35.5. The van der Waals surface area contributed by atoms with Crippen LogP contribution in [-0.4, -0.2) is 39.0 Å². The van der Waals surface area contributed by atoms with E-state index in [4.69, 9.17) is 16.3 Å². The van der Waals surface area contributed by atoms with Gasteiger partial charge in [0.25, 0.3) is 0 Å². The molecule has 0 spiro atoms. The molecule has 8 heteroatoms. The van der Waals surface area contributed by atoms with E-state index in [0.717, 1.165) is 36.2 Å². The Balaban J connectivity index is 1.25. The Kier molecular flexibility index (Phi) is 5.81. The maximum atomic E-state index is 12.6. The van der Waals surface area contributed by atoms with Crippen molar-refractivity contribution in [3.8, 4) is 5.75 Å². The van der Waals surface area contributed by atoms with Gasteiger partial charge in [0.2, 0.25) is 11.9 Å². The Bertz CT molecular complexity index is 1130. The first-order valence-electron chi connectivity index (χ1n) is 10.8. The molecule has 164 valence electrons. The average Bonchev–Trinajstić information content (AvgIpc) is 3.42. The second-order valence-corrected chi connectivity index (χ2v) is 8.37. The molecule has 3 aromatic rings. The van der Waals surface area contributed by atoms with E-state index < -0.39 is 0 Å². The van der Waals surface area contributed by atoms with Crippen molar-refractivity contribution in [2.75, 3.05) is 6.61 Å². The lowest BCUT2D eigenvalue weighted by Crippen LogP contribution is -2.38. The SMILES string of the molecule is O=C1NC2=Nc3ccc(OCCCCn4ccnc4)c(Cl)c3CN2C1Cc1ccccc1. The minimum atomic E-state index is -0.312. The number of ether oxygens (including phenoxy) is 1. The summed E-state index contributed by atoms with van der Waals surface area (Å²) in [5.74, 6) is 1.21. The second kappa shape index (κ2) is 9.04. The van der Waals surface area contributed by atoms with E-state index in [1.165, 1.54) is 0 Å². The first kappa shape index (κ1) is 20.6. The number of imidazole rings is 1. The van der Waals surface area contributed by atoms with E-state index >= 15 is 0 Å². The lowest BCUT2D eigenvalue weighted by Gasteiger charge is -2.29. The van der Waals surface area contributed by atoms with Crippen molar-refractivity contribution in [2.45, 2.75) is 38.4 Å². The second-order valence-electron chi connectivity index (χ2n) is 7.99.